The van der Waals surface area contributed by atoms with Crippen molar-refractivity contribution >= 4 is 29.7 Å². The summed E-state index contributed by atoms with van der Waals surface area (Å²) in [5.41, 5.74) is -2.67. The molecule has 33 heavy (non-hydrogen) atoms. The average Bonchev–Trinajstić information content (AvgIpc) is 3.10. The maximum Gasteiger partial charge on any atom is 0.329 e. The molecular weight excluding hydrogens is 457 g/mol. The number of ether oxygens (including phenoxy) is 1. The van der Waals surface area contributed by atoms with Crippen molar-refractivity contribution in [2.24, 2.45) is 0 Å². The molecule has 4 N–H and O–H groups in total. The summed E-state index contributed by atoms with van der Waals surface area (Å²) in [6, 6.07) is -0.136. The highest BCUT2D eigenvalue weighted by Gasteiger charge is 2.60. The number of thioether (sulfide) groups is 1. The number of hydrogen-bond donors (Lipinski definition) is 4. The van der Waals surface area contributed by atoms with Crippen molar-refractivity contribution in [3.63, 3.8) is 0 Å². The molecule has 3 rings (SSSR count). The zero-order valence-corrected chi connectivity index (χ0v) is 19.3. The first-order valence-electron chi connectivity index (χ1n) is 10.7. The summed E-state index contributed by atoms with van der Waals surface area (Å²) in [7, 11) is 0. The molecule has 182 valence electrons. The lowest BCUT2D eigenvalue weighted by Crippen LogP contribution is -2.58. The van der Waals surface area contributed by atoms with Crippen LogP contribution in [0, 0.1) is 5.82 Å². The fourth-order valence-corrected chi connectivity index (χ4v) is 5.95. The van der Waals surface area contributed by atoms with Gasteiger partial charge in [-0.15, -0.1) is 0 Å². The van der Waals surface area contributed by atoms with Gasteiger partial charge in [-0.05, 0) is 26.7 Å². The Hall–Kier alpha value is -2.83. The number of nitrogens with one attached hydrogen (secondary N) is 4. The molecule has 13 heteroatoms. The molecule has 3 atom stereocenters. The van der Waals surface area contributed by atoms with Crippen molar-refractivity contribution in [1.29, 1.82) is 0 Å². The zero-order valence-electron chi connectivity index (χ0n) is 18.5. The second-order valence-corrected chi connectivity index (χ2v) is 9.78. The Balaban J connectivity index is 1.29. The van der Waals surface area contributed by atoms with E-state index in [1.165, 1.54) is 0 Å². The molecule has 0 radical (unpaired) electrons. The first kappa shape index (κ1) is 24.8. The SMILES string of the molecule is C[C@@]12CSC(CCCCC(=O)NCCOC(=O)Cn3cc(F)c(=O)[nH]c3=O)[C@]1(C)NC(=O)N2. The van der Waals surface area contributed by atoms with Gasteiger partial charge in [-0.25, -0.2) is 9.59 Å². The standard InChI is InChI=1S/C20H28FN5O6S/c1-19-11-33-13(20(19,2)25-17(30)24-19)5-3-4-6-14(27)22-7-8-32-15(28)10-26-9-12(21)16(29)23-18(26)31/h9,13H,3-8,10-11H2,1-2H3,(H,22,27)(H,23,29,31)(H2,24,25,30)/t13?,19-,20+/m1/s1. The van der Waals surface area contributed by atoms with Crippen LogP contribution in [0.25, 0.3) is 0 Å². The number of fused-ring (bicyclic) bond motifs is 1. The molecule has 0 bridgehead atoms. The average molecular weight is 486 g/mol. The molecule has 11 nitrogen and oxygen atoms in total. The fraction of sp³-hybridized carbons (Fsp3) is 0.650. The predicted molar refractivity (Wildman–Crippen MR) is 118 cm³/mol. The van der Waals surface area contributed by atoms with Crippen LogP contribution >= 0.6 is 11.8 Å². The lowest BCUT2D eigenvalue weighted by atomic mass is 9.79. The number of halogens is 1. The summed E-state index contributed by atoms with van der Waals surface area (Å²) in [5, 5.41) is 8.99. The van der Waals surface area contributed by atoms with E-state index in [1.54, 1.807) is 4.98 Å². The van der Waals surface area contributed by atoms with Crippen LogP contribution in [0.3, 0.4) is 0 Å². The third-order valence-electron chi connectivity index (χ3n) is 6.20. The number of aromatic amines is 1. The Morgan fingerprint density at radius 2 is 2.03 bits per heavy atom. The number of esters is 1. The number of aromatic nitrogens is 2. The van der Waals surface area contributed by atoms with E-state index < -0.39 is 29.6 Å². The van der Waals surface area contributed by atoms with E-state index in [-0.39, 0.29) is 41.4 Å². The number of hydrogen-bond acceptors (Lipinski definition) is 7. The summed E-state index contributed by atoms with van der Waals surface area (Å²) in [6.45, 7) is 3.55. The van der Waals surface area contributed by atoms with Gasteiger partial charge in [0.25, 0.3) is 5.56 Å². The molecule has 0 aliphatic carbocycles. The highest BCUT2D eigenvalue weighted by Crippen LogP contribution is 2.47. The first-order valence-corrected chi connectivity index (χ1v) is 11.7. The van der Waals surface area contributed by atoms with E-state index in [0.29, 0.717) is 23.6 Å². The minimum absolute atomic E-state index is 0.103. The fourth-order valence-electron chi connectivity index (χ4n) is 4.06. The normalized spacial score (nSPS) is 25.8. The summed E-state index contributed by atoms with van der Waals surface area (Å²) >= 11 is 1.83. The van der Waals surface area contributed by atoms with Crippen molar-refractivity contribution in [3.8, 4) is 0 Å². The molecule has 0 spiro atoms. The third-order valence-corrected chi connectivity index (χ3v) is 8.05. The van der Waals surface area contributed by atoms with E-state index in [9.17, 15) is 28.4 Å². The Kier molecular flexibility index (Phi) is 7.50. The van der Waals surface area contributed by atoms with Crippen molar-refractivity contribution in [2.45, 2.75) is 62.4 Å². The summed E-state index contributed by atoms with van der Waals surface area (Å²) in [5.74, 6) is -1.32. The molecule has 0 aromatic carbocycles. The van der Waals surface area contributed by atoms with Crippen LogP contribution in [-0.4, -0.2) is 62.7 Å². The first-order chi connectivity index (χ1) is 15.5. The number of nitrogens with zero attached hydrogens (tertiary/aromatic N) is 1. The van der Waals surface area contributed by atoms with Gasteiger partial charge in [0.1, 0.15) is 13.2 Å². The van der Waals surface area contributed by atoms with Gasteiger partial charge in [-0.2, -0.15) is 16.2 Å². The van der Waals surface area contributed by atoms with E-state index in [4.69, 9.17) is 4.74 Å². The van der Waals surface area contributed by atoms with E-state index in [0.717, 1.165) is 18.6 Å². The van der Waals surface area contributed by atoms with Crippen molar-refractivity contribution in [1.82, 2.24) is 25.5 Å². The molecule has 0 saturated carbocycles. The second-order valence-electron chi connectivity index (χ2n) is 8.59. The minimum Gasteiger partial charge on any atom is -0.462 e. The molecule has 2 fully saturated rings. The van der Waals surface area contributed by atoms with Gasteiger partial charge < -0.3 is 20.7 Å². The van der Waals surface area contributed by atoms with Gasteiger partial charge in [-0.1, -0.05) is 6.42 Å². The molecule has 1 aromatic rings. The van der Waals surface area contributed by atoms with Crippen LogP contribution in [0.5, 0.6) is 0 Å². The topological polar surface area (TPSA) is 151 Å². The Labute approximate surface area is 193 Å². The minimum atomic E-state index is -1.19. The van der Waals surface area contributed by atoms with Crippen molar-refractivity contribution in [3.05, 3.63) is 32.9 Å². The van der Waals surface area contributed by atoms with Gasteiger partial charge in [0, 0.05) is 17.4 Å². The quantitative estimate of drug-likeness (QED) is 0.204. The van der Waals surface area contributed by atoms with Crippen LogP contribution in [0.4, 0.5) is 9.18 Å². The Morgan fingerprint density at radius 3 is 2.79 bits per heavy atom. The second kappa shape index (κ2) is 9.98. The largest absolute Gasteiger partial charge is 0.462 e. The number of rotatable bonds is 10. The smallest absolute Gasteiger partial charge is 0.329 e. The number of H-pyrrole nitrogens is 1. The summed E-state index contributed by atoms with van der Waals surface area (Å²) in [6.07, 6.45) is 3.38. The molecule has 3 amide bonds. The molecule has 2 saturated heterocycles. The number of carbonyl (C=O) groups is 3. The number of urea groups is 1. The number of amides is 3. The maximum absolute atomic E-state index is 13.2. The molecule has 2 aliphatic rings. The monoisotopic (exact) mass is 485 g/mol. The van der Waals surface area contributed by atoms with Gasteiger partial charge in [0.2, 0.25) is 11.7 Å². The Morgan fingerprint density at radius 1 is 1.27 bits per heavy atom. The summed E-state index contributed by atoms with van der Waals surface area (Å²) in [4.78, 5) is 59.7. The lowest BCUT2D eigenvalue weighted by Gasteiger charge is -2.35. The van der Waals surface area contributed by atoms with Gasteiger partial charge in [-0.3, -0.25) is 23.9 Å². The van der Waals surface area contributed by atoms with Gasteiger partial charge in [0.05, 0.1) is 23.8 Å². The molecule has 1 unspecified atom stereocenters. The van der Waals surface area contributed by atoms with Gasteiger partial charge >= 0.3 is 17.7 Å². The van der Waals surface area contributed by atoms with E-state index in [1.807, 2.05) is 11.8 Å². The zero-order chi connectivity index (χ0) is 24.2. The summed E-state index contributed by atoms with van der Waals surface area (Å²) < 4.78 is 18.8. The molecule has 2 aliphatic heterocycles. The van der Waals surface area contributed by atoms with Crippen molar-refractivity contribution < 1.29 is 23.5 Å². The van der Waals surface area contributed by atoms with Crippen LogP contribution in [-0.2, 0) is 20.9 Å². The third kappa shape index (κ3) is 5.57. The van der Waals surface area contributed by atoms with Crippen LogP contribution in [0.1, 0.15) is 39.5 Å². The van der Waals surface area contributed by atoms with E-state index >= 15 is 0 Å². The van der Waals surface area contributed by atoms with Crippen LogP contribution in [0.15, 0.2) is 15.8 Å². The van der Waals surface area contributed by atoms with E-state index in [2.05, 4.69) is 29.8 Å². The predicted octanol–water partition coefficient (Wildman–Crippen LogP) is -0.159. The van der Waals surface area contributed by atoms with Gasteiger partial charge in [0.15, 0.2) is 0 Å². The van der Waals surface area contributed by atoms with Crippen molar-refractivity contribution in [2.75, 3.05) is 18.9 Å². The number of carbonyl (C=O) groups excluding carboxylic acids is 3. The van der Waals surface area contributed by atoms with Crippen LogP contribution < -0.4 is 27.2 Å². The number of unbranched alkanes of at least 4 members (excludes halogenated alkanes) is 1. The highest BCUT2D eigenvalue weighted by atomic mass is 32.2. The lowest BCUT2D eigenvalue weighted by molar-refractivity contribution is -0.144. The highest BCUT2D eigenvalue weighted by molar-refractivity contribution is 8.00. The molecule has 1 aromatic heterocycles. The Bertz CT molecular complexity index is 1040. The maximum atomic E-state index is 13.2. The van der Waals surface area contributed by atoms with Crippen LogP contribution in [0.2, 0.25) is 0 Å². The molecule has 3 heterocycles. The molecular formula is C20H28FN5O6S.